The second-order valence-electron chi connectivity index (χ2n) is 4.67. The molecule has 1 aliphatic heterocycles. The molecule has 0 radical (unpaired) electrons. The van der Waals surface area contributed by atoms with Crippen molar-refractivity contribution >= 4 is 5.76 Å². The molecular formula is C16H22O4. The molecule has 0 saturated carbocycles. The molecule has 1 aromatic carbocycles. The first kappa shape index (κ1) is 14.9. The van der Waals surface area contributed by atoms with Gasteiger partial charge in [0.2, 0.25) is 0 Å². The number of hydrogen-bond donors (Lipinski definition) is 0. The number of methoxy groups -OCH3 is 1. The molecule has 20 heavy (non-hydrogen) atoms. The van der Waals surface area contributed by atoms with E-state index in [-0.39, 0.29) is 6.29 Å². The molecule has 1 aromatic rings. The topological polar surface area (TPSA) is 36.9 Å². The van der Waals surface area contributed by atoms with Crippen molar-refractivity contribution in [2.75, 3.05) is 26.9 Å². The molecule has 2 rings (SSSR count). The molecule has 1 saturated heterocycles. The summed E-state index contributed by atoms with van der Waals surface area (Å²) in [5.74, 6) is 1.53. The summed E-state index contributed by atoms with van der Waals surface area (Å²) >= 11 is 0. The third-order valence-electron chi connectivity index (χ3n) is 3.22. The predicted molar refractivity (Wildman–Crippen MR) is 77.5 cm³/mol. The molecule has 0 spiro atoms. The quantitative estimate of drug-likeness (QED) is 0.540. The number of ether oxygens (including phenoxy) is 4. The molecule has 0 unspecified atom stereocenters. The lowest BCUT2D eigenvalue weighted by Gasteiger charge is -2.10. The van der Waals surface area contributed by atoms with Crippen LogP contribution in [-0.2, 0) is 14.2 Å². The fourth-order valence-corrected chi connectivity index (χ4v) is 2.03. The predicted octanol–water partition coefficient (Wildman–Crippen LogP) is 3.23. The molecule has 0 N–H and O–H groups in total. The lowest BCUT2D eigenvalue weighted by Crippen LogP contribution is -2.08. The summed E-state index contributed by atoms with van der Waals surface area (Å²) < 4.78 is 21.5. The number of hydrogen-bond acceptors (Lipinski definition) is 4. The van der Waals surface area contributed by atoms with Gasteiger partial charge in [-0.15, -0.1) is 0 Å². The van der Waals surface area contributed by atoms with Gasteiger partial charge < -0.3 is 18.9 Å². The molecule has 4 heteroatoms. The number of rotatable bonds is 8. The van der Waals surface area contributed by atoms with Crippen molar-refractivity contribution in [3.05, 3.63) is 36.4 Å². The van der Waals surface area contributed by atoms with E-state index in [2.05, 4.69) is 6.58 Å². The fraction of sp³-hybridized carbons (Fsp3) is 0.500. The van der Waals surface area contributed by atoms with Gasteiger partial charge in [0.05, 0.1) is 26.9 Å². The van der Waals surface area contributed by atoms with E-state index >= 15 is 0 Å². The van der Waals surface area contributed by atoms with Crippen LogP contribution in [0.25, 0.3) is 5.76 Å². The minimum atomic E-state index is -0.00524. The zero-order valence-corrected chi connectivity index (χ0v) is 12.0. The Morgan fingerprint density at radius 1 is 1.20 bits per heavy atom. The van der Waals surface area contributed by atoms with Crippen LogP contribution in [-0.4, -0.2) is 33.2 Å². The summed E-state index contributed by atoms with van der Waals surface area (Å²) in [5.41, 5.74) is 0.968. The highest BCUT2D eigenvalue weighted by Crippen LogP contribution is 2.18. The first-order valence-corrected chi connectivity index (χ1v) is 6.99. The standard InChI is InChI=1S/C16H22O4/c1-13(17-2)14-6-8-15(9-7-14)18-10-4-3-5-16-19-11-12-20-16/h6-9,16H,1,3-5,10-12H2,2H3. The van der Waals surface area contributed by atoms with E-state index in [4.69, 9.17) is 18.9 Å². The van der Waals surface area contributed by atoms with Gasteiger partial charge in [0.1, 0.15) is 11.5 Å². The van der Waals surface area contributed by atoms with Crippen LogP contribution >= 0.6 is 0 Å². The second-order valence-corrected chi connectivity index (χ2v) is 4.67. The van der Waals surface area contributed by atoms with Crippen LogP contribution in [0.5, 0.6) is 5.75 Å². The van der Waals surface area contributed by atoms with E-state index in [1.807, 2.05) is 24.3 Å². The van der Waals surface area contributed by atoms with Crippen molar-refractivity contribution in [3.8, 4) is 5.75 Å². The highest BCUT2D eigenvalue weighted by atomic mass is 16.7. The molecule has 4 nitrogen and oxygen atoms in total. The monoisotopic (exact) mass is 278 g/mol. The number of unbranched alkanes of at least 4 members (excludes halogenated alkanes) is 1. The van der Waals surface area contributed by atoms with Crippen molar-refractivity contribution in [1.82, 2.24) is 0 Å². The van der Waals surface area contributed by atoms with Gasteiger partial charge in [-0.3, -0.25) is 0 Å². The third-order valence-corrected chi connectivity index (χ3v) is 3.22. The Morgan fingerprint density at radius 3 is 2.55 bits per heavy atom. The Bertz CT molecular complexity index is 407. The summed E-state index contributed by atoms with van der Waals surface area (Å²) in [4.78, 5) is 0. The van der Waals surface area contributed by atoms with Gasteiger partial charge in [-0.1, -0.05) is 6.58 Å². The largest absolute Gasteiger partial charge is 0.497 e. The Balaban J connectivity index is 1.62. The minimum absolute atomic E-state index is 0.00524. The first-order valence-electron chi connectivity index (χ1n) is 6.99. The highest BCUT2D eigenvalue weighted by molar-refractivity contribution is 5.57. The second kappa shape index (κ2) is 7.92. The van der Waals surface area contributed by atoms with Crippen LogP contribution in [0.15, 0.2) is 30.8 Å². The van der Waals surface area contributed by atoms with Crippen LogP contribution in [0.4, 0.5) is 0 Å². The zero-order valence-electron chi connectivity index (χ0n) is 12.0. The molecule has 0 aliphatic carbocycles. The van der Waals surface area contributed by atoms with Gasteiger partial charge in [0.25, 0.3) is 0 Å². The Labute approximate surface area is 120 Å². The Kier molecular flexibility index (Phi) is 5.89. The van der Waals surface area contributed by atoms with E-state index in [9.17, 15) is 0 Å². The molecule has 1 fully saturated rings. The lowest BCUT2D eigenvalue weighted by atomic mass is 10.2. The normalized spacial score (nSPS) is 15.2. The lowest BCUT2D eigenvalue weighted by molar-refractivity contribution is -0.0482. The van der Waals surface area contributed by atoms with Crippen molar-refractivity contribution in [2.24, 2.45) is 0 Å². The van der Waals surface area contributed by atoms with Gasteiger partial charge in [-0.05, 0) is 43.5 Å². The van der Waals surface area contributed by atoms with Gasteiger partial charge in [-0.25, -0.2) is 0 Å². The van der Waals surface area contributed by atoms with E-state index in [0.717, 1.165) is 43.8 Å². The first-order chi connectivity index (χ1) is 9.79. The van der Waals surface area contributed by atoms with E-state index in [0.29, 0.717) is 12.4 Å². The maximum atomic E-state index is 5.69. The van der Waals surface area contributed by atoms with Crippen LogP contribution in [0.1, 0.15) is 24.8 Å². The average Bonchev–Trinajstić information content (AvgIpc) is 3.00. The Morgan fingerprint density at radius 2 is 1.90 bits per heavy atom. The van der Waals surface area contributed by atoms with Gasteiger partial charge in [0, 0.05) is 5.56 Å². The van der Waals surface area contributed by atoms with Crippen LogP contribution in [0.2, 0.25) is 0 Å². The van der Waals surface area contributed by atoms with E-state index in [1.54, 1.807) is 7.11 Å². The Hall–Kier alpha value is -1.52. The SMILES string of the molecule is C=C(OC)c1ccc(OCCCCC2OCCO2)cc1. The molecule has 0 atom stereocenters. The molecule has 0 bridgehead atoms. The third kappa shape index (κ3) is 4.54. The zero-order chi connectivity index (χ0) is 14.2. The van der Waals surface area contributed by atoms with Crippen molar-refractivity contribution in [3.63, 3.8) is 0 Å². The molecule has 110 valence electrons. The highest BCUT2D eigenvalue weighted by Gasteiger charge is 2.14. The van der Waals surface area contributed by atoms with Crippen molar-refractivity contribution in [1.29, 1.82) is 0 Å². The molecule has 1 aliphatic rings. The maximum Gasteiger partial charge on any atom is 0.157 e. The van der Waals surface area contributed by atoms with Gasteiger partial charge in [-0.2, -0.15) is 0 Å². The minimum Gasteiger partial charge on any atom is -0.497 e. The molecular weight excluding hydrogens is 256 g/mol. The fourth-order valence-electron chi connectivity index (χ4n) is 2.03. The summed E-state index contributed by atoms with van der Waals surface area (Å²) in [6.07, 6.45) is 2.98. The molecule has 0 amide bonds. The van der Waals surface area contributed by atoms with E-state index < -0.39 is 0 Å². The maximum absolute atomic E-state index is 5.69. The van der Waals surface area contributed by atoms with Gasteiger partial charge in [0.15, 0.2) is 6.29 Å². The molecule has 0 aromatic heterocycles. The van der Waals surface area contributed by atoms with Crippen LogP contribution in [0, 0.1) is 0 Å². The average molecular weight is 278 g/mol. The van der Waals surface area contributed by atoms with Gasteiger partial charge >= 0.3 is 0 Å². The summed E-state index contributed by atoms with van der Waals surface area (Å²) in [7, 11) is 1.62. The van der Waals surface area contributed by atoms with Crippen molar-refractivity contribution in [2.45, 2.75) is 25.6 Å². The van der Waals surface area contributed by atoms with E-state index in [1.165, 1.54) is 0 Å². The molecule has 1 heterocycles. The van der Waals surface area contributed by atoms with Crippen molar-refractivity contribution < 1.29 is 18.9 Å². The summed E-state index contributed by atoms with van der Waals surface area (Å²) in [5, 5.41) is 0. The smallest absolute Gasteiger partial charge is 0.157 e. The van der Waals surface area contributed by atoms with Crippen LogP contribution < -0.4 is 4.74 Å². The summed E-state index contributed by atoms with van der Waals surface area (Å²) in [6, 6.07) is 7.76. The summed E-state index contributed by atoms with van der Waals surface area (Å²) in [6.45, 7) is 5.96. The number of benzene rings is 1. The van der Waals surface area contributed by atoms with Crippen LogP contribution in [0.3, 0.4) is 0 Å².